The molecule has 1 N–H and O–H groups in total. The molecule has 2 fully saturated rings. The van der Waals surface area contributed by atoms with E-state index in [0.717, 1.165) is 29.5 Å². The maximum Gasteiger partial charge on any atom is 0.251 e. The number of rotatable bonds is 4. The Morgan fingerprint density at radius 2 is 2.00 bits per heavy atom. The minimum absolute atomic E-state index is 0.0255. The number of nitrogens with one attached hydrogen (secondary N) is 1. The summed E-state index contributed by atoms with van der Waals surface area (Å²) in [6.07, 6.45) is 5.05. The van der Waals surface area contributed by atoms with Gasteiger partial charge in [0.05, 0.1) is 12.4 Å². The van der Waals surface area contributed by atoms with Gasteiger partial charge in [-0.25, -0.2) is 0 Å². The van der Waals surface area contributed by atoms with Crippen molar-refractivity contribution in [1.82, 2.24) is 25.4 Å². The van der Waals surface area contributed by atoms with Crippen LogP contribution in [-0.4, -0.2) is 37.3 Å². The van der Waals surface area contributed by atoms with Crippen LogP contribution >= 0.6 is 11.6 Å². The third-order valence-electron chi connectivity index (χ3n) is 5.45. The van der Waals surface area contributed by atoms with Crippen molar-refractivity contribution >= 4 is 23.5 Å². The van der Waals surface area contributed by atoms with Crippen molar-refractivity contribution in [1.29, 1.82) is 0 Å². The van der Waals surface area contributed by atoms with Gasteiger partial charge in [0.2, 0.25) is 5.91 Å². The number of nitrogens with zero attached hydrogens (tertiary/aromatic N) is 5. The Labute approximate surface area is 160 Å². The van der Waals surface area contributed by atoms with Gasteiger partial charge in [0.1, 0.15) is 0 Å². The number of aryl methyl sites for hydroxylation is 1. The largest absolute Gasteiger partial charge is 0.276 e. The molecular formula is C19H17ClN6O. The molecule has 3 aromatic rings. The smallest absolute Gasteiger partial charge is 0.251 e. The number of hydrogen-bond donors (Lipinski definition) is 1. The number of carbonyl (C=O) groups excluding carboxylic acids is 1. The van der Waals surface area contributed by atoms with Crippen molar-refractivity contribution in [3.63, 3.8) is 0 Å². The third-order valence-corrected chi connectivity index (χ3v) is 5.70. The average Bonchev–Trinajstić information content (AvgIpc) is 3.18. The minimum atomic E-state index is -0.0255. The van der Waals surface area contributed by atoms with Gasteiger partial charge in [-0.3, -0.25) is 14.8 Å². The quantitative estimate of drug-likeness (QED) is 0.751. The first-order valence-corrected chi connectivity index (χ1v) is 9.27. The number of aromatic amines is 1. The van der Waals surface area contributed by atoms with Crippen molar-refractivity contribution in [3.05, 3.63) is 52.8 Å². The molecule has 5 rings (SSSR count). The van der Waals surface area contributed by atoms with Gasteiger partial charge in [0.15, 0.2) is 5.82 Å². The fourth-order valence-electron chi connectivity index (χ4n) is 3.93. The number of benzene rings is 1. The fourth-order valence-corrected chi connectivity index (χ4v) is 4.05. The van der Waals surface area contributed by atoms with Crippen LogP contribution in [0.2, 0.25) is 5.02 Å². The number of aromatic nitrogens is 5. The summed E-state index contributed by atoms with van der Waals surface area (Å²) in [5, 5.41) is 15.7. The van der Waals surface area contributed by atoms with Crippen LogP contribution in [0.15, 0.2) is 36.7 Å². The summed E-state index contributed by atoms with van der Waals surface area (Å²) in [5.41, 5.74) is 2.91. The van der Waals surface area contributed by atoms with Crippen molar-refractivity contribution < 1.29 is 4.79 Å². The van der Waals surface area contributed by atoms with Crippen molar-refractivity contribution in [2.24, 2.45) is 11.8 Å². The highest BCUT2D eigenvalue weighted by atomic mass is 35.5. The Balaban J connectivity index is 1.39. The predicted octanol–water partition coefficient (Wildman–Crippen LogP) is 2.82. The normalized spacial score (nSPS) is 23.6. The zero-order chi connectivity index (χ0) is 18.5. The van der Waals surface area contributed by atoms with E-state index in [-0.39, 0.29) is 17.9 Å². The molecule has 3 atom stereocenters. The Kier molecular flexibility index (Phi) is 3.72. The zero-order valence-corrected chi connectivity index (χ0v) is 15.4. The highest BCUT2D eigenvalue weighted by Crippen LogP contribution is 2.51. The second-order valence-electron chi connectivity index (χ2n) is 7.18. The molecule has 7 nitrogen and oxygen atoms in total. The van der Waals surface area contributed by atoms with Gasteiger partial charge in [-0.05, 0) is 48.9 Å². The molecule has 1 amide bonds. The van der Waals surface area contributed by atoms with Crippen molar-refractivity contribution in [2.45, 2.75) is 25.8 Å². The number of halogens is 1. The number of carbonyl (C=O) groups is 1. The van der Waals surface area contributed by atoms with Gasteiger partial charge in [0.25, 0.3) is 5.95 Å². The topological polar surface area (TPSA) is 87.7 Å². The second-order valence-corrected chi connectivity index (χ2v) is 7.62. The summed E-state index contributed by atoms with van der Waals surface area (Å²) in [4.78, 5) is 19.3. The van der Waals surface area contributed by atoms with Crippen LogP contribution < -0.4 is 4.90 Å². The van der Waals surface area contributed by atoms with Crippen LogP contribution in [0.25, 0.3) is 11.4 Å². The Morgan fingerprint density at radius 1 is 1.22 bits per heavy atom. The summed E-state index contributed by atoms with van der Waals surface area (Å²) < 4.78 is 0. The van der Waals surface area contributed by atoms with Crippen LogP contribution in [0.3, 0.4) is 0 Å². The molecule has 136 valence electrons. The van der Waals surface area contributed by atoms with Crippen LogP contribution in [0.5, 0.6) is 0 Å². The van der Waals surface area contributed by atoms with E-state index >= 15 is 0 Å². The highest BCUT2D eigenvalue weighted by Gasteiger charge is 2.59. The summed E-state index contributed by atoms with van der Waals surface area (Å²) in [7, 11) is 0. The van der Waals surface area contributed by atoms with E-state index < -0.39 is 0 Å². The molecule has 3 heterocycles. The lowest BCUT2D eigenvalue weighted by Gasteiger charge is -2.17. The second kappa shape index (κ2) is 6.13. The SMILES string of the molecule is Cc1cnncc1-c1nc(N2C(=O)C(Cc3ccc(Cl)cc3)C3CC32)n[nH]1. The summed E-state index contributed by atoms with van der Waals surface area (Å²) in [6, 6.07) is 7.91. The van der Waals surface area contributed by atoms with Gasteiger partial charge in [-0.15, -0.1) is 5.10 Å². The molecule has 1 aliphatic heterocycles. The molecule has 2 aliphatic rings. The summed E-state index contributed by atoms with van der Waals surface area (Å²) >= 11 is 5.96. The summed E-state index contributed by atoms with van der Waals surface area (Å²) in [5.74, 6) is 1.49. The number of hydrogen-bond acceptors (Lipinski definition) is 5. The van der Waals surface area contributed by atoms with Crippen LogP contribution in [-0.2, 0) is 11.2 Å². The molecule has 2 aromatic heterocycles. The monoisotopic (exact) mass is 380 g/mol. The van der Waals surface area contributed by atoms with Crippen LogP contribution in [0.4, 0.5) is 5.95 Å². The average molecular weight is 381 g/mol. The lowest BCUT2D eigenvalue weighted by Crippen LogP contribution is -2.33. The molecule has 0 bridgehead atoms. The van der Waals surface area contributed by atoms with Gasteiger partial charge < -0.3 is 0 Å². The van der Waals surface area contributed by atoms with Crippen LogP contribution in [0, 0.1) is 18.8 Å². The molecule has 3 unspecified atom stereocenters. The van der Waals surface area contributed by atoms with Crippen LogP contribution in [0.1, 0.15) is 17.5 Å². The van der Waals surface area contributed by atoms with E-state index in [2.05, 4.69) is 25.4 Å². The highest BCUT2D eigenvalue weighted by molar-refractivity contribution is 6.30. The number of amides is 1. The number of anilines is 1. The zero-order valence-electron chi connectivity index (χ0n) is 14.6. The van der Waals surface area contributed by atoms with Gasteiger partial charge >= 0.3 is 0 Å². The van der Waals surface area contributed by atoms with Gasteiger partial charge in [0, 0.05) is 22.5 Å². The van der Waals surface area contributed by atoms with E-state index in [1.165, 1.54) is 0 Å². The number of piperidine rings is 1. The Bertz CT molecular complexity index is 1020. The maximum absolute atomic E-state index is 13.0. The fraction of sp³-hybridized carbons (Fsp3) is 0.316. The molecule has 1 aromatic carbocycles. The summed E-state index contributed by atoms with van der Waals surface area (Å²) in [6.45, 7) is 1.94. The number of H-pyrrole nitrogens is 1. The van der Waals surface area contributed by atoms with Gasteiger partial charge in [-0.2, -0.15) is 15.2 Å². The molecule has 27 heavy (non-hydrogen) atoms. The van der Waals surface area contributed by atoms with E-state index in [0.29, 0.717) is 22.7 Å². The van der Waals surface area contributed by atoms with E-state index in [1.54, 1.807) is 17.3 Å². The molecule has 1 aliphatic carbocycles. The third kappa shape index (κ3) is 2.78. The maximum atomic E-state index is 13.0. The van der Waals surface area contributed by atoms with E-state index in [1.807, 2.05) is 31.2 Å². The van der Waals surface area contributed by atoms with Crippen molar-refractivity contribution in [3.8, 4) is 11.4 Å². The van der Waals surface area contributed by atoms with E-state index in [4.69, 9.17) is 11.6 Å². The molecule has 1 saturated carbocycles. The lowest BCUT2D eigenvalue weighted by molar-refractivity contribution is -0.121. The Hall–Kier alpha value is -2.80. The molecule has 0 radical (unpaired) electrons. The number of fused-ring (bicyclic) bond motifs is 1. The first-order chi connectivity index (χ1) is 13.1. The first kappa shape index (κ1) is 16.4. The van der Waals surface area contributed by atoms with Crippen molar-refractivity contribution in [2.75, 3.05) is 4.90 Å². The molecule has 0 spiro atoms. The molecule has 8 heteroatoms. The standard InChI is InChI=1S/C19H17ClN6O/c1-10-8-21-22-9-15(10)17-23-19(25-24-17)26-16-7-13(16)14(18(26)27)6-11-2-4-12(20)5-3-11/h2-5,8-9,13-14,16H,6-7H2,1H3,(H,23,24,25). The lowest BCUT2D eigenvalue weighted by atomic mass is 9.95. The molecule has 1 saturated heterocycles. The van der Waals surface area contributed by atoms with Gasteiger partial charge in [-0.1, -0.05) is 23.7 Å². The minimum Gasteiger partial charge on any atom is -0.276 e. The first-order valence-electron chi connectivity index (χ1n) is 8.89. The predicted molar refractivity (Wildman–Crippen MR) is 100 cm³/mol. The molecular weight excluding hydrogens is 364 g/mol. The van der Waals surface area contributed by atoms with E-state index in [9.17, 15) is 4.79 Å². The Morgan fingerprint density at radius 3 is 2.78 bits per heavy atom.